The van der Waals surface area contributed by atoms with Crippen LogP contribution < -0.4 is 11.0 Å². The van der Waals surface area contributed by atoms with Crippen molar-refractivity contribution in [2.45, 2.75) is 6.54 Å². The van der Waals surface area contributed by atoms with Crippen LogP contribution >= 0.6 is 22.7 Å². The Kier molecular flexibility index (Phi) is 4.41. The zero-order chi connectivity index (χ0) is 21.7. The molecule has 0 aliphatic carbocycles. The Labute approximate surface area is 190 Å². The fourth-order valence-electron chi connectivity index (χ4n) is 3.80. The lowest BCUT2D eigenvalue weighted by Crippen LogP contribution is -2.21. The first-order valence-corrected chi connectivity index (χ1v) is 11.6. The topological polar surface area (TPSA) is 68.4 Å². The quantitative estimate of drug-likeness (QED) is 0.395. The van der Waals surface area contributed by atoms with Crippen molar-refractivity contribution < 1.29 is 4.79 Å². The Morgan fingerprint density at radius 2 is 1.81 bits per heavy atom. The van der Waals surface area contributed by atoms with Gasteiger partial charge in [0.25, 0.3) is 5.91 Å². The molecule has 8 heteroatoms. The van der Waals surface area contributed by atoms with Crippen molar-refractivity contribution in [2.75, 3.05) is 5.32 Å². The lowest BCUT2D eigenvalue weighted by molar-refractivity contribution is 0.103. The molecule has 6 aromatic rings. The van der Waals surface area contributed by atoms with Crippen LogP contribution in [-0.4, -0.2) is 20.1 Å². The van der Waals surface area contributed by atoms with Gasteiger partial charge >= 0.3 is 5.69 Å². The molecular weight excluding hydrogens is 440 g/mol. The van der Waals surface area contributed by atoms with Gasteiger partial charge in [0.1, 0.15) is 0 Å². The highest BCUT2D eigenvalue weighted by molar-refractivity contribution is 7.33. The summed E-state index contributed by atoms with van der Waals surface area (Å²) in [6.45, 7) is 0.324. The molecule has 0 bridgehead atoms. The standard InChI is InChI=1S/C24H16N4O2S2/c29-23(20-13-19-22(32-20)17-8-1-2-9-18(17)31-19)25-16-7-5-6-15(12-16)14-28-24(30)27-11-4-3-10-21(27)26-28/h1-13H,14H2,(H,25,29). The summed E-state index contributed by atoms with van der Waals surface area (Å²) in [6, 6.07) is 23.2. The SMILES string of the molecule is O=C(Nc1cccc(Cn2nc3ccccn3c2=O)c1)c1cc2sc3ccccc3c2s1. The largest absolute Gasteiger partial charge is 0.350 e. The normalized spacial score (nSPS) is 11.5. The molecule has 156 valence electrons. The maximum Gasteiger partial charge on any atom is 0.350 e. The third-order valence-corrected chi connectivity index (χ3v) is 7.69. The molecule has 0 radical (unpaired) electrons. The zero-order valence-electron chi connectivity index (χ0n) is 16.7. The van der Waals surface area contributed by atoms with Crippen LogP contribution in [-0.2, 0) is 6.54 Å². The molecule has 0 aliphatic heterocycles. The van der Waals surface area contributed by atoms with Gasteiger partial charge in [-0.05, 0) is 42.0 Å². The molecule has 1 amide bonds. The van der Waals surface area contributed by atoms with Crippen molar-refractivity contribution in [1.82, 2.24) is 14.2 Å². The van der Waals surface area contributed by atoms with Crippen molar-refractivity contribution in [3.8, 4) is 0 Å². The minimum atomic E-state index is -0.194. The first kappa shape index (κ1) is 19.0. The van der Waals surface area contributed by atoms with Gasteiger partial charge in [-0.25, -0.2) is 9.48 Å². The van der Waals surface area contributed by atoms with E-state index < -0.39 is 0 Å². The van der Waals surface area contributed by atoms with Gasteiger partial charge in [0.05, 0.1) is 16.1 Å². The molecule has 0 spiro atoms. The summed E-state index contributed by atoms with van der Waals surface area (Å²) in [4.78, 5) is 26.1. The Bertz CT molecular complexity index is 1690. The van der Waals surface area contributed by atoms with Crippen LogP contribution in [0.1, 0.15) is 15.2 Å². The van der Waals surface area contributed by atoms with E-state index in [2.05, 4.69) is 22.5 Å². The summed E-state index contributed by atoms with van der Waals surface area (Å²) in [7, 11) is 0. The van der Waals surface area contributed by atoms with Gasteiger partial charge in [0.2, 0.25) is 0 Å². The Balaban J connectivity index is 1.25. The Morgan fingerprint density at radius 1 is 0.938 bits per heavy atom. The molecule has 4 heterocycles. The molecule has 0 saturated heterocycles. The number of fused-ring (bicyclic) bond motifs is 4. The van der Waals surface area contributed by atoms with Gasteiger partial charge in [-0.2, -0.15) is 0 Å². The van der Waals surface area contributed by atoms with E-state index in [0.29, 0.717) is 22.8 Å². The molecule has 6 nitrogen and oxygen atoms in total. The smallest absolute Gasteiger partial charge is 0.321 e. The second-order valence-electron chi connectivity index (χ2n) is 7.43. The average Bonchev–Trinajstić information content (AvgIpc) is 3.46. The number of hydrogen-bond acceptors (Lipinski definition) is 5. The number of amides is 1. The minimum Gasteiger partial charge on any atom is -0.321 e. The first-order chi connectivity index (χ1) is 15.7. The van der Waals surface area contributed by atoms with Crippen LogP contribution in [0.2, 0.25) is 0 Å². The van der Waals surface area contributed by atoms with Gasteiger partial charge < -0.3 is 5.32 Å². The highest BCUT2D eigenvalue weighted by Crippen LogP contribution is 2.39. The van der Waals surface area contributed by atoms with E-state index in [-0.39, 0.29) is 11.6 Å². The monoisotopic (exact) mass is 456 g/mol. The van der Waals surface area contributed by atoms with Crippen molar-refractivity contribution in [3.63, 3.8) is 0 Å². The number of hydrogen-bond donors (Lipinski definition) is 1. The van der Waals surface area contributed by atoms with E-state index in [0.717, 1.165) is 15.0 Å². The summed E-state index contributed by atoms with van der Waals surface area (Å²) in [6.07, 6.45) is 1.70. The molecule has 0 atom stereocenters. The lowest BCUT2D eigenvalue weighted by atomic mass is 10.2. The molecule has 6 rings (SSSR count). The third kappa shape index (κ3) is 3.21. The fraction of sp³-hybridized carbons (Fsp3) is 0.0417. The molecule has 0 unspecified atom stereocenters. The molecule has 4 aromatic heterocycles. The molecular formula is C24H16N4O2S2. The van der Waals surface area contributed by atoms with E-state index in [1.165, 1.54) is 30.5 Å². The molecule has 2 aromatic carbocycles. The van der Waals surface area contributed by atoms with Crippen molar-refractivity contribution in [2.24, 2.45) is 0 Å². The van der Waals surface area contributed by atoms with Crippen molar-refractivity contribution in [1.29, 1.82) is 0 Å². The lowest BCUT2D eigenvalue weighted by Gasteiger charge is -2.06. The summed E-state index contributed by atoms with van der Waals surface area (Å²) < 4.78 is 6.44. The molecule has 0 aliphatic rings. The molecule has 32 heavy (non-hydrogen) atoms. The summed E-state index contributed by atoms with van der Waals surface area (Å²) in [5, 5.41) is 8.55. The molecule has 1 N–H and O–H groups in total. The third-order valence-electron chi connectivity index (χ3n) is 5.28. The van der Waals surface area contributed by atoms with E-state index in [9.17, 15) is 9.59 Å². The predicted octanol–water partition coefficient (Wildman–Crippen LogP) is 5.23. The summed E-state index contributed by atoms with van der Waals surface area (Å²) in [5.74, 6) is -0.135. The summed E-state index contributed by atoms with van der Waals surface area (Å²) >= 11 is 3.21. The minimum absolute atomic E-state index is 0.135. The number of benzene rings is 2. The second kappa shape index (κ2) is 7.44. The number of carbonyl (C=O) groups excluding carboxylic acids is 1. The van der Waals surface area contributed by atoms with Gasteiger partial charge in [-0.3, -0.25) is 9.20 Å². The number of nitrogens with zero attached hydrogens (tertiary/aromatic N) is 3. The van der Waals surface area contributed by atoms with Crippen molar-refractivity contribution >= 4 is 59.4 Å². The van der Waals surface area contributed by atoms with E-state index >= 15 is 0 Å². The first-order valence-electron chi connectivity index (χ1n) is 10.0. The van der Waals surface area contributed by atoms with Gasteiger partial charge in [0.15, 0.2) is 5.65 Å². The van der Waals surface area contributed by atoms with Crippen molar-refractivity contribution in [3.05, 3.63) is 99.9 Å². The van der Waals surface area contributed by atoms with Crippen LogP contribution in [0.25, 0.3) is 25.1 Å². The van der Waals surface area contributed by atoms with Gasteiger partial charge in [-0.1, -0.05) is 36.4 Å². The number of aromatic nitrogens is 3. The van der Waals surface area contributed by atoms with E-state index in [1.807, 2.05) is 48.5 Å². The number of carbonyl (C=O) groups is 1. The molecule has 0 saturated carbocycles. The van der Waals surface area contributed by atoms with E-state index in [4.69, 9.17) is 0 Å². The number of nitrogens with one attached hydrogen (secondary N) is 1. The van der Waals surface area contributed by atoms with Crippen LogP contribution in [0.4, 0.5) is 5.69 Å². The van der Waals surface area contributed by atoms with Crippen LogP contribution in [0.5, 0.6) is 0 Å². The highest BCUT2D eigenvalue weighted by Gasteiger charge is 2.15. The summed E-state index contributed by atoms with van der Waals surface area (Å²) in [5.41, 5.74) is 1.98. The zero-order valence-corrected chi connectivity index (χ0v) is 18.3. The molecule has 0 fully saturated rings. The van der Waals surface area contributed by atoms with Gasteiger partial charge in [0, 0.05) is 26.7 Å². The Hall–Kier alpha value is -3.75. The average molecular weight is 457 g/mol. The highest BCUT2D eigenvalue weighted by atomic mass is 32.1. The number of anilines is 1. The van der Waals surface area contributed by atoms with Gasteiger partial charge in [-0.15, -0.1) is 27.8 Å². The fourth-order valence-corrected chi connectivity index (χ4v) is 6.22. The number of thiophene rings is 2. The maximum absolute atomic E-state index is 12.9. The Morgan fingerprint density at radius 3 is 2.72 bits per heavy atom. The maximum atomic E-state index is 12.9. The van der Waals surface area contributed by atoms with Crippen LogP contribution in [0, 0.1) is 0 Å². The van der Waals surface area contributed by atoms with E-state index in [1.54, 1.807) is 29.7 Å². The number of pyridine rings is 1. The number of rotatable bonds is 4. The second-order valence-corrected chi connectivity index (χ2v) is 9.56. The predicted molar refractivity (Wildman–Crippen MR) is 130 cm³/mol. The van der Waals surface area contributed by atoms with Crippen LogP contribution in [0.15, 0.2) is 83.8 Å². The van der Waals surface area contributed by atoms with Crippen LogP contribution in [0.3, 0.4) is 0 Å².